The Morgan fingerprint density at radius 2 is 1.82 bits per heavy atom. The van der Waals surface area contributed by atoms with Gasteiger partial charge in [0.25, 0.3) is 11.1 Å². The Bertz CT molecular complexity index is 1160. The quantitative estimate of drug-likeness (QED) is 0.430. The van der Waals surface area contributed by atoms with Gasteiger partial charge < -0.3 is 14.8 Å². The van der Waals surface area contributed by atoms with E-state index in [2.05, 4.69) is 5.32 Å². The Balaban J connectivity index is 1.24. The molecule has 2 aromatic rings. The molecule has 0 aromatic heterocycles. The molecule has 2 heterocycles. The van der Waals surface area contributed by atoms with Crippen LogP contribution in [0.15, 0.2) is 47.4 Å². The predicted octanol–water partition coefficient (Wildman–Crippen LogP) is 3.79. The first-order chi connectivity index (χ1) is 16.4. The van der Waals surface area contributed by atoms with Crippen LogP contribution in [-0.4, -0.2) is 47.6 Å². The second kappa shape index (κ2) is 10.6. The molecule has 2 aliphatic rings. The van der Waals surface area contributed by atoms with Gasteiger partial charge >= 0.3 is 0 Å². The molecule has 8 nitrogen and oxygen atoms in total. The second-order valence-electron chi connectivity index (χ2n) is 7.77. The van der Waals surface area contributed by atoms with E-state index in [1.165, 1.54) is 0 Å². The number of amides is 3. The fourth-order valence-electron chi connectivity index (χ4n) is 3.54. The van der Waals surface area contributed by atoms with Gasteiger partial charge in [-0.1, -0.05) is 37.3 Å². The molecule has 0 spiro atoms. The van der Waals surface area contributed by atoms with Gasteiger partial charge in [0.1, 0.15) is 0 Å². The molecule has 34 heavy (non-hydrogen) atoms. The van der Waals surface area contributed by atoms with Crippen molar-refractivity contribution in [3.05, 3.63) is 64.1 Å². The molecule has 3 amide bonds. The van der Waals surface area contributed by atoms with E-state index in [1.54, 1.807) is 36.4 Å². The maximum atomic E-state index is 12.7. The van der Waals surface area contributed by atoms with Gasteiger partial charge in [-0.25, -0.2) is 0 Å². The number of imide groups is 1. The van der Waals surface area contributed by atoms with Gasteiger partial charge in [-0.05, 0) is 47.5 Å². The number of rotatable bonds is 9. The number of aryl methyl sites for hydroxylation is 1. The monoisotopic (exact) mass is 480 g/mol. The lowest BCUT2D eigenvalue weighted by molar-refractivity contribution is -0.124. The third kappa shape index (κ3) is 5.48. The SMILES string of the molecule is CCc1ccc(C(=O)CCC(=O)NCCN2C(=O)S/C(=C\c3ccc4c(c3)OCO4)C2=O)cc1. The van der Waals surface area contributed by atoms with Crippen molar-refractivity contribution in [1.29, 1.82) is 0 Å². The molecule has 2 aliphatic heterocycles. The molecule has 0 radical (unpaired) electrons. The zero-order chi connectivity index (χ0) is 24.1. The van der Waals surface area contributed by atoms with Crippen LogP contribution in [0, 0.1) is 0 Å². The largest absolute Gasteiger partial charge is 0.454 e. The van der Waals surface area contributed by atoms with Crippen LogP contribution in [0.3, 0.4) is 0 Å². The zero-order valence-electron chi connectivity index (χ0n) is 18.7. The van der Waals surface area contributed by atoms with Crippen molar-refractivity contribution in [2.45, 2.75) is 26.2 Å². The fraction of sp³-hybridized carbons (Fsp3) is 0.280. The smallest absolute Gasteiger partial charge is 0.293 e. The number of hydrogen-bond donors (Lipinski definition) is 1. The number of hydrogen-bond acceptors (Lipinski definition) is 7. The van der Waals surface area contributed by atoms with Crippen LogP contribution in [0.5, 0.6) is 11.5 Å². The van der Waals surface area contributed by atoms with Gasteiger partial charge in [0.2, 0.25) is 12.7 Å². The van der Waals surface area contributed by atoms with Gasteiger partial charge in [-0.15, -0.1) is 0 Å². The summed E-state index contributed by atoms with van der Waals surface area (Å²) in [4.78, 5) is 50.7. The number of Topliss-reactive ketones (excluding diaryl/α,β-unsaturated/α-hetero) is 1. The maximum Gasteiger partial charge on any atom is 0.293 e. The number of carbonyl (C=O) groups excluding carboxylic acids is 4. The summed E-state index contributed by atoms with van der Waals surface area (Å²) >= 11 is 0.852. The number of ketones is 1. The van der Waals surface area contributed by atoms with Gasteiger partial charge in [0.05, 0.1) is 4.91 Å². The number of thioether (sulfide) groups is 1. The first-order valence-electron chi connectivity index (χ1n) is 11.0. The summed E-state index contributed by atoms with van der Waals surface area (Å²) in [6, 6.07) is 12.6. The molecule has 176 valence electrons. The van der Waals surface area contributed by atoms with E-state index in [9.17, 15) is 19.2 Å². The standard InChI is InChI=1S/C25H24N2O6S/c1-2-16-3-6-18(7-4-16)19(28)8-10-23(29)26-11-12-27-24(30)22(34-25(27)31)14-17-5-9-20-21(13-17)33-15-32-20/h3-7,9,13-14H,2,8,10-12,15H2,1H3,(H,26,29)/b22-14-. The number of carbonyl (C=O) groups is 4. The number of ether oxygens (including phenoxy) is 2. The predicted molar refractivity (Wildman–Crippen MR) is 128 cm³/mol. The summed E-state index contributed by atoms with van der Waals surface area (Å²) < 4.78 is 10.6. The Morgan fingerprint density at radius 1 is 1.06 bits per heavy atom. The number of fused-ring (bicyclic) bond motifs is 1. The van der Waals surface area contributed by atoms with Crippen LogP contribution in [0.25, 0.3) is 6.08 Å². The van der Waals surface area contributed by atoms with Gasteiger partial charge in [0.15, 0.2) is 17.3 Å². The normalized spacial score (nSPS) is 15.8. The maximum absolute atomic E-state index is 12.7. The molecule has 0 aliphatic carbocycles. The third-order valence-corrected chi connectivity index (χ3v) is 6.40. The first-order valence-corrected chi connectivity index (χ1v) is 11.8. The molecule has 1 fully saturated rings. The molecule has 0 atom stereocenters. The van der Waals surface area contributed by atoms with E-state index in [1.807, 2.05) is 19.1 Å². The molecule has 9 heteroatoms. The number of nitrogens with zero attached hydrogens (tertiary/aromatic N) is 1. The van der Waals surface area contributed by atoms with Crippen LogP contribution in [0.4, 0.5) is 4.79 Å². The highest BCUT2D eigenvalue weighted by atomic mass is 32.2. The van der Waals surface area contributed by atoms with Crippen molar-refractivity contribution >= 4 is 40.7 Å². The minimum atomic E-state index is -0.410. The van der Waals surface area contributed by atoms with Crippen LogP contribution in [0.1, 0.15) is 41.3 Å². The summed E-state index contributed by atoms with van der Waals surface area (Å²) in [5.74, 6) is 0.413. The van der Waals surface area contributed by atoms with E-state index in [4.69, 9.17) is 9.47 Å². The number of benzene rings is 2. The third-order valence-electron chi connectivity index (χ3n) is 5.49. The molecule has 1 saturated heterocycles. The van der Waals surface area contributed by atoms with Crippen molar-refractivity contribution in [3.8, 4) is 11.5 Å². The lowest BCUT2D eigenvalue weighted by Gasteiger charge is -2.13. The van der Waals surface area contributed by atoms with Crippen LogP contribution in [0.2, 0.25) is 0 Å². The Morgan fingerprint density at radius 3 is 2.59 bits per heavy atom. The average molecular weight is 481 g/mol. The molecule has 0 saturated carbocycles. The molecular formula is C25H24N2O6S. The Labute approximate surface area is 201 Å². The van der Waals surface area contributed by atoms with Gasteiger partial charge in [0, 0.05) is 31.5 Å². The van der Waals surface area contributed by atoms with Crippen molar-refractivity contribution in [2.75, 3.05) is 19.9 Å². The Hall–Kier alpha value is -3.59. The minimum Gasteiger partial charge on any atom is -0.454 e. The van der Waals surface area contributed by atoms with E-state index >= 15 is 0 Å². The fourth-order valence-corrected chi connectivity index (χ4v) is 4.41. The molecule has 2 aromatic carbocycles. The second-order valence-corrected chi connectivity index (χ2v) is 8.76. The van der Waals surface area contributed by atoms with Crippen LogP contribution < -0.4 is 14.8 Å². The van der Waals surface area contributed by atoms with Crippen molar-refractivity contribution in [2.24, 2.45) is 0 Å². The minimum absolute atomic E-state index is 0.0419. The summed E-state index contributed by atoms with van der Waals surface area (Å²) in [7, 11) is 0. The summed E-state index contributed by atoms with van der Waals surface area (Å²) in [6.45, 7) is 2.37. The highest BCUT2D eigenvalue weighted by molar-refractivity contribution is 8.18. The zero-order valence-corrected chi connectivity index (χ0v) is 19.5. The van der Waals surface area contributed by atoms with Crippen LogP contribution >= 0.6 is 11.8 Å². The molecular weight excluding hydrogens is 456 g/mol. The number of nitrogens with one attached hydrogen (secondary N) is 1. The highest BCUT2D eigenvalue weighted by Crippen LogP contribution is 2.36. The van der Waals surface area contributed by atoms with Crippen molar-refractivity contribution in [3.63, 3.8) is 0 Å². The van der Waals surface area contributed by atoms with E-state index in [0.29, 0.717) is 22.0 Å². The van der Waals surface area contributed by atoms with Crippen LogP contribution in [-0.2, 0) is 16.0 Å². The lowest BCUT2D eigenvalue weighted by Crippen LogP contribution is -2.37. The van der Waals surface area contributed by atoms with E-state index in [-0.39, 0.29) is 44.4 Å². The van der Waals surface area contributed by atoms with E-state index < -0.39 is 11.1 Å². The topological polar surface area (TPSA) is 102 Å². The van der Waals surface area contributed by atoms with Crippen molar-refractivity contribution < 1.29 is 28.7 Å². The Kier molecular flexibility index (Phi) is 7.32. The summed E-state index contributed by atoms with van der Waals surface area (Å²) in [6.07, 6.45) is 2.66. The average Bonchev–Trinajstić information content (AvgIpc) is 3.42. The molecule has 0 bridgehead atoms. The van der Waals surface area contributed by atoms with E-state index in [0.717, 1.165) is 34.2 Å². The highest BCUT2D eigenvalue weighted by Gasteiger charge is 2.34. The molecule has 1 N–H and O–H groups in total. The first kappa shape index (κ1) is 23.6. The summed E-state index contributed by atoms with van der Waals surface area (Å²) in [5.41, 5.74) is 2.45. The van der Waals surface area contributed by atoms with Crippen molar-refractivity contribution in [1.82, 2.24) is 10.2 Å². The molecule has 4 rings (SSSR count). The lowest BCUT2D eigenvalue weighted by atomic mass is 10.0. The van der Waals surface area contributed by atoms with Gasteiger partial charge in [-0.3, -0.25) is 24.1 Å². The molecule has 0 unspecified atom stereocenters. The summed E-state index contributed by atoms with van der Waals surface area (Å²) in [5, 5.41) is 2.28. The van der Waals surface area contributed by atoms with Gasteiger partial charge in [-0.2, -0.15) is 0 Å².